The minimum Gasteiger partial charge on any atom is -0.493 e. The summed E-state index contributed by atoms with van der Waals surface area (Å²) in [7, 11) is 1.41. The Kier molecular flexibility index (Phi) is 8.64. The number of nitrogens with zero attached hydrogens (tertiary/aromatic N) is 1. The van der Waals surface area contributed by atoms with Gasteiger partial charge in [0.2, 0.25) is 11.7 Å². The first-order valence-corrected chi connectivity index (χ1v) is 11.3. The summed E-state index contributed by atoms with van der Waals surface area (Å²) in [6, 6.07) is 0.839. The Balaban J connectivity index is 2.01. The van der Waals surface area contributed by atoms with Crippen LogP contribution in [0.15, 0.2) is 12.3 Å². The van der Waals surface area contributed by atoms with Gasteiger partial charge in [-0.3, -0.25) is 14.4 Å². The molecule has 0 aliphatic heterocycles. The van der Waals surface area contributed by atoms with Crippen LogP contribution >= 0.6 is 0 Å². The monoisotopic (exact) mass is 447 g/mol. The average Bonchev–Trinajstić information content (AvgIpc) is 2.73. The number of carbonyl (C=O) groups is 3. The topological polar surface area (TPSA) is 107 Å². The van der Waals surface area contributed by atoms with Crippen molar-refractivity contribution in [2.24, 2.45) is 17.3 Å². The summed E-state index contributed by atoms with van der Waals surface area (Å²) in [4.78, 5) is 41.7. The number of aromatic nitrogens is 1. The second kappa shape index (κ2) is 10.8. The molecule has 8 heteroatoms. The largest absolute Gasteiger partial charge is 0.493 e. The quantitative estimate of drug-likeness (QED) is 0.620. The molecule has 1 aliphatic carbocycles. The van der Waals surface area contributed by atoms with Gasteiger partial charge in [-0.2, -0.15) is 0 Å². The lowest BCUT2D eigenvalue weighted by Gasteiger charge is -2.37. The van der Waals surface area contributed by atoms with E-state index in [9.17, 15) is 14.4 Å². The number of hydrogen-bond donors (Lipinski definition) is 2. The highest BCUT2D eigenvalue weighted by Gasteiger charge is 2.31. The van der Waals surface area contributed by atoms with Crippen molar-refractivity contribution in [1.29, 1.82) is 0 Å². The van der Waals surface area contributed by atoms with E-state index in [1.807, 2.05) is 0 Å². The third kappa shape index (κ3) is 6.68. The van der Waals surface area contributed by atoms with Crippen molar-refractivity contribution >= 4 is 17.8 Å². The molecule has 2 rings (SSSR count). The van der Waals surface area contributed by atoms with Crippen LogP contribution in [-0.2, 0) is 9.59 Å². The summed E-state index contributed by atoms with van der Waals surface area (Å²) in [6.07, 6.45) is 5.40. The molecular formula is C24H37N3O5. The van der Waals surface area contributed by atoms with Crippen molar-refractivity contribution in [3.8, 4) is 11.5 Å². The molecule has 2 N–H and O–H groups in total. The Bertz CT molecular complexity index is 823. The van der Waals surface area contributed by atoms with Crippen molar-refractivity contribution < 1.29 is 23.9 Å². The molecule has 178 valence electrons. The smallest absolute Gasteiger partial charge is 0.313 e. The summed E-state index contributed by atoms with van der Waals surface area (Å²) < 4.78 is 10.6. The van der Waals surface area contributed by atoms with E-state index < -0.39 is 23.8 Å². The van der Waals surface area contributed by atoms with Crippen molar-refractivity contribution in [2.75, 3.05) is 7.11 Å². The van der Waals surface area contributed by atoms with Gasteiger partial charge in [-0.15, -0.1) is 0 Å². The fourth-order valence-electron chi connectivity index (χ4n) is 3.83. The van der Waals surface area contributed by atoms with Crippen LogP contribution in [0.25, 0.3) is 0 Å². The van der Waals surface area contributed by atoms with Gasteiger partial charge in [0.05, 0.1) is 13.0 Å². The maximum absolute atomic E-state index is 12.8. The highest BCUT2D eigenvalue weighted by atomic mass is 16.6. The molecule has 0 spiro atoms. The van der Waals surface area contributed by atoms with Gasteiger partial charge >= 0.3 is 5.97 Å². The van der Waals surface area contributed by atoms with Crippen LogP contribution < -0.4 is 20.1 Å². The molecule has 0 radical (unpaired) electrons. The van der Waals surface area contributed by atoms with E-state index >= 15 is 0 Å². The molecule has 0 unspecified atom stereocenters. The van der Waals surface area contributed by atoms with Crippen molar-refractivity contribution in [3.63, 3.8) is 0 Å². The molecule has 0 aromatic carbocycles. The number of esters is 1. The Labute approximate surface area is 190 Å². The van der Waals surface area contributed by atoms with E-state index in [4.69, 9.17) is 9.47 Å². The minimum absolute atomic E-state index is 0.0562. The molecule has 1 aliphatic rings. The van der Waals surface area contributed by atoms with Crippen LogP contribution in [-0.4, -0.2) is 42.0 Å². The number of rotatable bonds is 7. The first kappa shape index (κ1) is 25.6. The van der Waals surface area contributed by atoms with E-state index in [-0.39, 0.29) is 34.6 Å². The predicted molar refractivity (Wildman–Crippen MR) is 122 cm³/mol. The van der Waals surface area contributed by atoms with Crippen LogP contribution in [0.5, 0.6) is 11.5 Å². The van der Waals surface area contributed by atoms with E-state index in [0.29, 0.717) is 5.92 Å². The summed E-state index contributed by atoms with van der Waals surface area (Å²) >= 11 is 0. The van der Waals surface area contributed by atoms with Gasteiger partial charge in [0.25, 0.3) is 5.91 Å². The lowest BCUT2D eigenvalue weighted by atomic mass is 9.71. The molecule has 8 nitrogen and oxygen atoms in total. The number of hydrogen-bond acceptors (Lipinski definition) is 6. The number of pyridine rings is 1. The van der Waals surface area contributed by atoms with Gasteiger partial charge in [-0.25, -0.2) is 4.98 Å². The molecular weight excluding hydrogens is 410 g/mol. The van der Waals surface area contributed by atoms with Gasteiger partial charge in [0.1, 0.15) is 6.04 Å². The molecule has 0 bridgehead atoms. The van der Waals surface area contributed by atoms with E-state index in [0.717, 1.165) is 25.7 Å². The molecule has 1 saturated carbocycles. The molecule has 1 aromatic rings. The molecule has 1 fully saturated rings. The number of methoxy groups -OCH3 is 1. The van der Waals surface area contributed by atoms with Crippen LogP contribution in [0.1, 0.15) is 77.7 Å². The Morgan fingerprint density at radius 3 is 2.25 bits per heavy atom. The third-order valence-electron chi connectivity index (χ3n) is 6.02. The van der Waals surface area contributed by atoms with E-state index in [1.165, 1.54) is 19.4 Å². The number of amides is 2. The molecule has 32 heavy (non-hydrogen) atoms. The van der Waals surface area contributed by atoms with Gasteiger partial charge in [0, 0.05) is 18.3 Å². The maximum atomic E-state index is 12.8. The summed E-state index contributed by atoms with van der Waals surface area (Å²) in [5.74, 6) is -0.961. The highest BCUT2D eigenvalue weighted by molar-refractivity contribution is 5.99. The van der Waals surface area contributed by atoms with Crippen LogP contribution in [0, 0.1) is 17.3 Å². The Morgan fingerprint density at radius 1 is 1.09 bits per heavy atom. The molecule has 1 atom stereocenters. The highest BCUT2D eigenvalue weighted by Crippen LogP contribution is 2.37. The van der Waals surface area contributed by atoms with Gasteiger partial charge in [-0.05, 0) is 43.9 Å². The predicted octanol–water partition coefficient (Wildman–Crippen LogP) is 3.49. The lowest BCUT2D eigenvalue weighted by Crippen LogP contribution is -2.49. The van der Waals surface area contributed by atoms with Crippen molar-refractivity contribution in [1.82, 2.24) is 15.6 Å². The van der Waals surface area contributed by atoms with Gasteiger partial charge in [-0.1, -0.05) is 34.6 Å². The first-order valence-electron chi connectivity index (χ1n) is 11.3. The zero-order valence-electron chi connectivity index (χ0n) is 20.3. The fourth-order valence-corrected chi connectivity index (χ4v) is 3.83. The van der Waals surface area contributed by atoms with E-state index in [2.05, 4.69) is 36.4 Å². The van der Waals surface area contributed by atoms with Gasteiger partial charge < -0.3 is 20.1 Å². The normalized spacial score (nSPS) is 19.8. The average molecular weight is 448 g/mol. The summed E-state index contributed by atoms with van der Waals surface area (Å²) in [6.45, 7) is 11.8. The SMILES string of the molecule is COc1ccnc(C(=O)N[C@@H](C)C(=O)NC2CCC(C(C)(C)C)CC2)c1OC(=O)C(C)C. The van der Waals surface area contributed by atoms with Crippen molar-refractivity contribution in [3.05, 3.63) is 18.0 Å². The molecule has 0 saturated heterocycles. The minimum atomic E-state index is -0.774. The number of nitrogens with one attached hydrogen (secondary N) is 2. The maximum Gasteiger partial charge on any atom is 0.313 e. The standard InChI is InChI=1S/C24H37N3O5/c1-14(2)23(30)32-20-18(31-7)12-13-25-19(20)22(29)26-15(3)21(28)27-17-10-8-16(9-11-17)24(4,5)6/h12-17H,8-11H2,1-7H3,(H,26,29)(H,27,28)/t15-,16?,17?/m0/s1. The lowest BCUT2D eigenvalue weighted by molar-refractivity contribution is -0.137. The van der Waals surface area contributed by atoms with E-state index in [1.54, 1.807) is 20.8 Å². The summed E-state index contributed by atoms with van der Waals surface area (Å²) in [5.41, 5.74) is 0.167. The second-order valence-corrected chi connectivity index (χ2v) is 9.89. The zero-order valence-corrected chi connectivity index (χ0v) is 20.3. The Morgan fingerprint density at radius 2 is 1.72 bits per heavy atom. The van der Waals surface area contributed by atoms with Gasteiger partial charge in [0.15, 0.2) is 11.4 Å². The van der Waals surface area contributed by atoms with Crippen LogP contribution in [0.2, 0.25) is 0 Å². The fraction of sp³-hybridized carbons (Fsp3) is 0.667. The third-order valence-corrected chi connectivity index (χ3v) is 6.02. The second-order valence-electron chi connectivity index (χ2n) is 9.89. The number of carbonyl (C=O) groups excluding carboxylic acids is 3. The summed E-state index contributed by atoms with van der Waals surface area (Å²) in [5, 5.41) is 5.70. The van der Waals surface area contributed by atoms with Crippen molar-refractivity contribution in [2.45, 2.75) is 79.3 Å². The zero-order chi connectivity index (χ0) is 24.1. The Hall–Kier alpha value is -2.64. The number of ether oxygens (including phenoxy) is 2. The first-order chi connectivity index (χ1) is 14.9. The van der Waals surface area contributed by atoms with Crippen LogP contribution in [0.3, 0.4) is 0 Å². The molecule has 1 aromatic heterocycles. The molecule has 2 amide bonds. The van der Waals surface area contributed by atoms with Crippen LogP contribution in [0.4, 0.5) is 0 Å². The molecule has 1 heterocycles.